The highest BCUT2D eigenvalue weighted by Crippen LogP contribution is 2.03. The summed E-state index contributed by atoms with van der Waals surface area (Å²) in [7, 11) is 3.02. The van der Waals surface area contributed by atoms with Crippen molar-refractivity contribution in [3.63, 3.8) is 0 Å². The number of unbranched alkanes of at least 4 members (excludes halogenated alkanes) is 3. The summed E-state index contributed by atoms with van der Waals surface area (Å²) >= 11 is 0. The molecule has 0 heterocycles. The van der Waals surface area contributed by atoms with E-state index in [1.807, 2.05) is 0 Å². The molecule has 4 nitrogen and oxygen atoms in total. The minimum Gasteiger partial charge on any atom is -0.385 e. The van der Waals surface area contributed by atoms with E-state index in [0.29, 0.717) is 6.42 Å². The molecule has 0 N–H and O–H groups in total. The van der Waals surface area contributed by atoms with Crippen molar-refractivity contribution in [2.24, 2.45) is 0 Å². The van der Waals surface area contributed by atoms with E-state index >= 15 is 0 Å². The molecule has 0 fully saturated rings. The largest absolute Gasteiger partial charge is 0.385 e. The van der Waals surface area contributed by atoms with Crippen LogP contribution < -0.4 is 0 Å². The Bertz CT molecular complexity index is 125. The monoisotopic (exact) mass is 190 g/mol. The van der Waals surface area contributed by atoms with Gasteiger partial charge in [0.2, 0.25) is 0 Å². The molecule has 0 saturated heterocycles. The van der Waals surface area contributed by atoms with Gasteiger partial charge in [0.25, 0.3) is 0 Å². The van der Waals surface area contributed by atoms with Crippen molar-refractivity contribution in [2.75, 3.05) is 20.8 Å². The van der Waals surface area contributed by atoms with Crippen molar-refractivity contribution in [3.05, 3.63) is 0 Å². The topological polar surface area (TPSA) is 44.8 Å². The summed E-state index contributed by atoms with van der Waals surface area (Å²) in [5.41, 5.74) is 0. The van der Waals surface area contributed by atoms with E-state index in [4.69, 9.17) is 4.74 Å². The van der Waals surface area contributed by atoms with Crippen LogP contribution in [0.25, 0.3) is 0 Å². The van der Waals surface area contributed by atoms with Gasteiger partial charge in [-0.05, 0) is 12.8 Å². The number of carbonyl (C=O) groups excluding carboxylic acids is 1. The van der Waals surface area contributed by atoms with Gasteiger partial charge in [-0.15, -0.1) is 0 Å². The molecule has 0 bridgehead atoms. The Kier molecular flexibility index (Phi) is 9.03. The highest BCUT2D eigenvalue weighted by atomic mass is 17.2. The van der Waals surface area contributed by atoms with Gasteiger partial charge >= 0.3 is 5.97 Å². The quantitative estimate of drug-likeness (QED) is 0.332. The first-order valence-corrected chi connectivity index (χ1v) is 4.53. The maximum atomic E-state index is 10.8. The molecule has 0 aromatic heterocycles. The van der Waals surface area contributed by atoms with Crippen LogP contribution in [0.2, 0.25) is 0 Å². The Morgan fingerprint density at radius 2 is 1.77 bits per heavy atom. The summed E-state index contributed by atoms with van der Waals surface area (Å²) in [6.07, 6.45) is 4.46. The lowest BCUT2D eigenvalue weighted by molar-refractivity contribution is -0.255. The van der Waals surface area contributed by atoms with Crippen LogP contribution in [0.15, 0.2) is 0 Å². The molecule has 0 aliphatic rings. The lowest BCUT2D eigenvalue weighted by Gasteiger charge is -2.00. The molecule has 0 aliphatic heterocycles. The predicted octanol–water partition coefficient (Wildman–Crippen LogP) is 1.69. The maximum absolute atomic E-state index is 10.8. The van der Waals surface area contributed by atoms with E-state index in [-0.39, 0.29) is 5.97 Å². The second kappa shape index (κ2) is 9.48. The molecule has 13 heavy (non-hydrogen) atoms. The van der Waals surface area contributed by atoms with Crippen molar-refractivity contribution in [2.45, 2.75) is 32.1 Å². The Balaban J connectivity index is 3.02. The molecule has 0 aromatic rings. The highest BCUT2D eigenvalue weighted by Gasteiger charge is 2.01. The molecule has 0 rings (SSSR count). The molecule has 4 heteroatoms. The minimum atomic E-state index is -0.297. The van der Waals surface area contributed by atoms with Gasteiger partial charge < -0.3 is 4.74 Å². The van der Waals surface area contributed by atoms with Gasteiger partial charge in [-0.3, -0.25) is 4.89 Å². The normalized spacial score (nSPS) is 10.0. The van der Waals surface area contributed by atoms with Crippen molar-refractivity contribution >= 4 is 5.97 Å². The second-order valence-electron chi connectivity index (χ2n) is 2.78. The average molecular weight is 190 g/mol. The third kappa shape index (κ3) is 9.30. The van der Waals surface area contributed by atoms with Crippen molar-refractivity contribution in [1.29, 1.82) is 0 Å². The highest BCUT2D eigenvalue weighted by molar-refractivity contribution is 5.68. The van der Waals surface area contributed by atoms with E-state index in [9.17, 15) is 4.79 Å². The molecule has 0 amide bonds. The molecule has 0 unspecified atom stereocenters. The summed E-state index contributed by atoms with van der Waals surface area (Å²) in [5, 5.41) is 0. The first kappa shape index (κ1) is 12.4. The third-order valence-electron chi connectivity index (χ3n) is 1.66. The fourth-order valence-corrected chi connectivity index (χ4v) is 1.00. The zero-order valence-electron chi connectivity index (χ0n) is 8.38. The van der Waals surface area contributed by atoms with Gasteiger partial charge in [-0.25, -0.2) is 4.79 Å². The Morgan fingerprint density at radius 1 is 1.08 bits per heavy atom. The molecule has 0 spiro atoms. The van der Waals surface area contributed by atoms with Gasteiger partial charge in [0.15, 0.2) is 0 Å². The fourth-order valence-electron chi connectivity index (χ4n) is 1.00. The maximum Gasteiger partial charge on any atom is 0.342 e. The van der Waals surface area contributed by atoms with Crippen LogP contribution in [-0.2, 0) is 19.3 Å². The summed E-state index contributed by atoms with van der Waals surface area (Å²) in [5.74, 6) is -0.297. The summed E-state index contributed by atoms with van der Waals surface area (Å²) in [6, 6.07) is 0. The van der Waals surface area contributed by atoms with Crippen LogP contribution >= 0.6 is 0 Å². The average Bonchev–Trinajstić information content (AvgIpc) is 2.11. The van der Waals surface area contributed by atoms with Crippen LogP contribution in [0.3, 0.4) is 0 Å². The minimum absolute atomic E-state index is 0.297. The number of ether oxygens (including phenoxy) is 1. The van der Waals surface area contributed by atoms with E-state index in [0.717, 1.165) is 32.3 Å². The number of hydrogen-bond acceptors (Lipinski definition) is 4. The van der Waals surface area contributed by atoms with Gasteiger partial charge in [0, 0.05) is 20.1 Å². The van der Waals surface area contributed by atoms with Gasteiger partial charge in [0.1, 0.15) is 0 Å². The van der Waals surface area contributed by atoms with Gasteiger partial charge in [-0.1, -0.05) is 12.8 Å². The molecule has 0 aromatic carbocycles. The Morgan fingerprint density at radius 3 is 2.38 bits per heavy atom. The molecule has 0 radical (unpaired) electrons. The van der Waals surface area contributed by atoms with Crippen LogP contribution in [0.1, 0.15) is 32.1 Å². The SMILES string of the molecule is COCCCCCCC(=O)OOC. The molecule has 78 valence electrons. The Hall–Kier alpha value is -0.610. The summed E-state index contributed by atoms with van der Waals surface area (Å²) in [4.78, 5) is 19.3. The fraction of sp³-hybridized carbons (Fsp3) is 0.889. The van der Waals surface area contributed by atoms with Gasteiger partial charge in [-0.2, -0.15) is 4.89 Å². The standard InChI is InChI=1S/C9H18O4/c1-11-8-6-4-3-5-7-9(10)13-12-2/h3-8H2,1-2H3. The van der Waals surface area contributed by atoms with Crippen molar-refractivity contribution in [1.82, 2.24) is 0 Å². The lowest BCUT2D eigenvalue weighted by Crippen LogP contribution is -2.02. The molecule has 0 saturated carbocycles. The van der Waals surface area contributed by atoms with E-state index in [1.54, 1.807) is 7.11 Å². The summed E-state index contributed by atoms with van der Waals surface area (Å²) in [6.45, 7) is 0.794. The lowest BCUT2D eigenvalue weighted by atomic mass is 10.1. The summed E-state index contributed by atoms with van der Waals surface area (Å²) < 4.78 is 4.90. The second-order valence-corrected chi connectivity index (χ2v) is 2.78. The van der Waals surface area contributed by atoms with Gasteiger partial charge in [0.05, 0.1) is 7.11 Å². The van der Waals surface area contributed by atoms with E-state index in [1.165, 1.54) is 7.11 Å². The van der Waals surface area contributed by atoms with E-state index in [2.05, 4.69) is 9.78 Å². The van der Waals surface area contributed by atoms with E-state index < -0.39 is 0 Å². The molecule has 0 aliphatic carbocycles. The van der Waals surface area contributed by atoms with Crippen LogP contribution in [-0.4, -0.2) is 26.8 Å². The molecular formula is C9H18O4. The molecular weight excluding hydrogens is 172 g/mol. The number of hydrogen-bond donors (Lipinski definition) is 0. The smallest absolute Gasteiger partial charge is 0.342 e. The number of carbonyl (C=O) groups is 1. The Labute approximate surface area is 79.1 Å². The molecule has 0 atom stereocenters. The number of methoxy groups -OCH3 is 1. The van der Waals surface area contributed by atoms with Crippen molar-refractivity contribution in [3.8, 4) is 0 Å². The third-order valence-corrected chi connectivity index (χ3v) is 1.66. The van der Waals surface area contributed by atoms with Crippen LogP contribution in [0.4, 0.5) is 0 Å². The van der Waals surface area contributed by atoms with Crippen LogP contribution in [0, 0.1) is 0 Å². The first-order chi connectivity index (χ1) is 6.31. The predicted molar refractivity (Wildman–Crippen MR) is 48.1 cm³/mol. The van der Waals surface area contributed by atoms with Crippen LogP contribution in [0.5, 0.6) is 0 Å². The first-order valence-electron chi connectivity index (χ1n) is 4.53. The van der Waals surface area contributed by atoms with Crippen molar-refractivity contribution < 1.29 is 19.3 Å². The zero-order chi connectivity index (χ0) is 9.94. The number of rotatable bonds is 8. The zero-order valence-corrected chi connectivity index (χ0v) is 8.38.